The fourth-order valence-electron chi connectivity index (χ4n) is 2.86. The molecule has 0 bridgehead atoms. The van der Waals surface area contributed by atoms with Crippen molar-refractivity contribution in [1.82, 2.24) is 15.1 Å². The molecule has 0 radical (unpaired) electrons. The lowest BCUT2D eigenvalue weighted by Gasteiger charge is -2.34. The number of hydrogen-bond donors (Lipinski definition) is 1. The largest absolute Gasteiger partial charge is 0.351 e. The van der Waals surface area contributed by atoms with Gasteiger partial charge in [-0.15, -0.1) is 11.3 Å². The third-order valence-electron chi connectivity index (χ3n) is 4.27. The van der Waals surface area contributed by atoms with E-state index in [-0.39, 0.29) is 5.91 Å². The van der Waals surface area contributed by atoms with Gasteiger partial charge in [0.05, 0.1) is 10.9 Å². The van der Waals surface area contributed by atoms with Gasteiger partial charge in [-0.1, -0.05) is 41.4 Å². The Labute approximate surface area is 162 Å². The lowest BCUT2D eigenvalue weighted by atomic mass is 10.2. The first-order valence-electron chi connectivity index (χ1n) is 8.29. The molecule has 3 rings (SSSR count). The van der Waals surface area contributed by atoms with E-state index in [1.807, 2.05) is 30.3 Å². The van der Waals surface area contributed by atoms with Crippen molar-refractivity contribution < 1.29 is 4.79 Å². The number of piperazine rings is 1. The molecule has 2 aromatic rings. The van der Waals surface area contributed by atoms with Crippen molar-refractivity contribution in [2.45, 2.75) is 13.1 Å². The summed E-state index contributed by atoms with van der Waals surface area (Å²) >= 11 is 13.7. The Morgan fingerprint density at radius 3 is 2.44 bits per heavy atom. The molecule has 0 aliphatic carbocycles. The van der Waals surface area contributed by atoms with Crippen LogP contribution < -0.4 is 5.32 Å². The fourth-order valence-corrected chi connectivity index (χ4v) is 4.19. The average molecular weight is 398 g/mol. The van der Waals surface area contributed by atoms with Gasteiger partial charge in [0.1, 0.15) is 0 Å². The van der Waals surface area contributed by atoms with Gasteiger partial charge in [-0.3, -0.25) is 14.6 Å². The number of thiophene rings is 1. The number of nitrogens with one attached hydrogen (secondary N) is 1. The molecule has 134 valence electrons. The second-order valence-corrected chi connectivity index (χ2v) is 8.33. The van der Waals surface area contributed by atoms with Crippen LogP contribution >= 0.6 is 34.5 Å². The van der Waals surface area contributed by atoms with Crippen LogP contribution in [-0.2, 0) is 17.9 Å². The van der Waals surface area contributed by atoms with Crippen molar-refractivity contribution in [3.8, 4) is 0 Å². The number of halogens is 2. The zero-order valence-corrected chi connectivity index (χ0v) is 16.2. The van der Waals surface area contributed by atoms with Gasteiger partial charge in [0.25, 0.3) is 0 Å². The molecule has 1 fully saturated rings. The predicted molar refractivity (Wildman–Crippen MR) is 104 cm³/mol. The molecular formula is C18H21Cl2N3OS. The molecule has 0 unspecified atom stereocenters. The van der Waals surface area contributed by atoms with E-state index in [0.29, 0.717) is 18.1 Å². The van der Waals surface area contributed by atoms with E-state index in [9.17, 15) is 4.79 Å². The third kappa shape index (κ3) is 5.69. The summed E-state index contributed by atoms with van der Waals surface area (Å²) in [4.78, 5) is 18.0. The van der Waals surface area contributed by atoms with E-state index in [1.165, 1.54) is 4.88 Å². The standard InChI is InChI=1S/C18H21Cl2N3OS/c19-16-4-2-1-3-14(16)11-21-18(24)13-23-9-7-22(8-10-23)12-15-5-6-17(20)25-15/h1-6H,7-13H2,(H,21,24). The zero-order valence-electron chi connectivity index (χ0n) is 13.9. The first-order valence-corrected chi connectivity index (χ1v) is 9.86. The van der Waals surface area contributed by atoms with Crippen molar-refractivity contribution in [2.75, 3.05) is 32.7 Å². The normalized spacial score (nSPS) is 16.1. The highest BCUT2D eigenvalue weighted by molar-refractivity contribution is 7.16. The van der Waals surface area contributed by atoms with Crippen LogP contribution in [0, 0.1) is 0 Å². The van der Waals surface area contributed by atoms with Gasteiger partial charge in [0, 0.05) is 49.2 Å². The molecular weight excluding hydrogens is 377 g/mol. The first-order chi connectivity index (χ1) is 12.1. The molecule has 1 saturated heterocycles. The number of nitrogens with zero attached hydrogens (tertiary/aromatic N) is 2. The number of amides is 1. The maximum absolute atomic E-state index is 12.1. The lowest BCUT2D eigenvalue weighted by molar-refractivity contribution is -0.122. The number of carbonyl (C=O) groups excluding carboxylic acids is 1. The van der Waals surface area contributed by atoms with E-state index in [0.717, 1.165) is 42.6 Å². The molecule has 0 saturated carbocycles. The van der Waals surface area contributed by atoms with Crippen molar-refractivity contribution >= 4 is 40.4 Å². The van der Waals surface area contributed by atoms with E-state index in [2.05, 4.69) is 21.2 Å². The quantitative estimate of drug-likeness (QED) is 0.809. The molecule has 1 amide bonds. The molecule has 0 spiro atoms. The minimum absolute atomic E-state index is 0.0402. The summed E-state index contributed by atoms with van der Waals surface area (Å²) in [6, 6.07) is 11.6. The lowest BCUT2D eigenvalue weighted by Crippen LogP contribution is -2.48. The fraction of sp³-hybridized carbons (Fsp3) is 0.389. The Hall–Kier alpha value is -1.11. The van der Waals surface area contributed by atoms with E-state index in [1.54, 1.807) is 11.3 Å². The third-order valence-corrected chi connectivity index (χ3v) is 5.86. The molecule has 4 nitrogen and oxygen atoms in total. The van der Waals surface area contributed by atoms with Crippen LogP contribution in [0.5, 0.6) is 0 Å². The molecule has 25 heavy (non-hydrogen) atoms. The van der Waals surface area contributed by atoms with Gasteiger partial charge in [0.15, 0.2) is 0 Å². The summed E-state index contributed by atoms with van der Waals surface area (Å²) in [5.41, 5.74) is 0.942. The number of carbonyl (C=O) groups is 1. The minimum atomic E-state index is 0.0402. The molecule has 1 aromatic heterocycles. The first kappa shape index (κ1) is 18.7. The van der Waals surface area contributed by atoms with Crippen LogP contribution in [-0.4, -0.2) is 48.4 Å². The highest BCUT2D eigenvalue weighted by Gasteiger charge is 2.19. The van der Waals surface area contributed by atoms with E-state index >= 15 is 0 Å². The van der Waals surface area contributed by atoms with Gasteiger partial charge in [0.2, 0.25) is 5.91 Å². The molecule has 7 heteroatoms. The predicted octanol–water partition coefficient (Wildman–Crippen LogP) is 3.49. The second-order valence-electron chi connectivity index (χ2n) is 6.13. The van der Waals surface area contributed by atoms with E-state index in [4.69, 9.17) is 23.2 Å². The smallest absolute Gasteiger partial charge is 0.234 e. The van der Waals surface area contributed by atoms with Gasteiger partial charge in [-0.25, -0.2) is 0 Å². The van der Waals surface area contributed by atoms with Crippen LogP contribution in [0.3, 0.4) is 0 Å². The van der Waals surface area contributed by atoms with Gasteiger partial charge >= 0.3 is 0 Å². The zero-order chi connectivity index (χ0) is 17.6. The van der Waals surface area contributed by atoms with E-state index < -0.39 is 0 Å². The maximum atomic E-state index is 12.1. The van der Waals surface area contributed by atoms with Gasteiger partial charge in [-0.05, 0) is 23.8 Å². The average Bonchev–Trinajstić information content (AvgIpc) is 3.01. The Bertz CT molecular complexity index is 714. The van der Waals surface area contributed by atoms with Crippen molar-refractivity contribution in [2.24, 2.45) is 0 Å². The van der Waals surface area contributed by atoms with Gasteiger partial charge < -0.3 is 5.32 Å². The Balaban J connectivity index is 1.38. The Morgan fingerprint density at radius 2 is 1.76 bits per heavy atom. The summed E-state index contributed by atoms with van der Waals surface area (Å²) in [7, 11) is 0. The van der Waals surface area contributed by atoms with Crippen LogP contribution in [0.2, 0.25) is 9.36 Å². The molecule has 1 aliphatic rings. The van der Waals surface area contributed by atoms with Gasteiger partial charge in [-0.2, -0.15) is 0 Å². The SMILES string of the molecule is O=C(CN1CCN(Cc2ccc(Cl)s2)CC1)NCc1ccccc1Cl. The van der Waals surface area contributed by atoms with Crippen LogP contribution in [0.1, 0.15) is 10.4 Å². The molecule has 0 atom stereocenters. The maximum Gasteiger partial charge on any atom is 0.234 e. The highest BCUT2D eigenvalue weighted by Crippen LogP contribution is 2.23. The van der Waals surface area contributed by atoms with Crippen molar-refractivity contribution in [3.05, 3.63) is 56.2 Å². The van der Waals surface area contributed by atoms with Crippen molar-refractivity contribution in [3.63, 3.8) is 0 Å². The summed E-state index contributed by atoms with van der Waals surface area (Å²) in [6.45, 7) is 5.57. The summed E-state index contributed by atoms with van der Waals surface area (Å²) in [5.74, 6) is 0.0402. The topological polar surface area (TPSA) is 35.6 Å². The summed E-state index contributed by atoms with van der Waals surface area (Å²) in [6.07, 6.45) is 0. The highest BCUT2D eigenvalue weighted by atomic mass is 35.5. The Morgan fingerprint density at radius 1 is 1.04 bits per heavy atom. The molecule has 1 N–H and O–H groups in total. The molecule has 1 aliphatic heterocycles. The van der Waals surface area contributed by atoms with Crippen LogP contribution in [0.4, 0.5) is 0 Å². The minimum Gasteiger partial charge on any atom is -0.351 e. The number of benzene rings is 1. The number of rotatable bonds is 6. The summed E-state index contributed by atoms with van der Waals surface area (Å²) in [5, 5.41) is 3.63. The second kappa shape index (κ2) is 9.01. The van der Waals surface area contributed by atoms with Crippen molar-refractivity contribution in [1.29, 1.82) is 0 Å². The molecule has 1 aromatic carbocycles. The monoisotopic (exact) mass is 397 g/mol. The Kier molecular flexibility index (Phi) is 6.73. The number of hydrogen-bond acceptors (Lipinski definition) is 4. The molecule has 2 heterocycles. The summed E-state index contributed by atoms with van der Waals surface area (Å²) < 4.78 is 0.837. The van der Waals surface area contributed by atoms with Crippen LogP contribution in [0.25, 0.3) is 0 Å². The van der Waals surface area contributed by atoms with Crippen LogP contribution in [0.15, 0.2) is 36.4 Å².